The van der Waals surface area contributed by atoms with E-state index in [1.807, 2.05) is 18.2 Å². The third-order valence-electron chi connectivity index (χ3n) is 5.13. The molecule has 21 heavy (non-hydrogen) atoms. The molecule has 0 N–H and O–H groups in total. The van der Waals surface area contributed by atoms with Crippen LogP contribution in [-0.4, -0.2) is 18.0 Å². The van der Waals surface area contributed by atoms with Crippen molar-refractivity contribution >= 4 is 31.9 Å². The van der Waals surface area contributed by atoms with Crippen molar-refractivity contribution in [1.29, 1.82) is 0 Å². The van der Waals surface area contributed by atoms with E-state index in [1.54, 1.807) is 7.11 Å². The molecule has 116 valence electrons. The number of methoxy groups -OCH3 is 1. The fraction of sp³-hybridized carbons (Fsp3) is 0.647. The molecule has 2 unspecified atom stereocenters. The van der Waals surface area contributed by atoms with E-state index < -0.39 is 0 Å². The van der Waals surface area contributed by atoms with E-state index >= 15 is 0 Å². The summed E-state index contributed by atoms with van der Waals surface area (Å²) in [6.07, 6.45) is 9.46. The summed E-state index contributed by atoms with van der Waals surface area (Å²) in [6, 6.07) is 5.94. The van der Waals surface area contributed by atoms with Gasteiger partial charge < -0.3 is 9.47 Å². The monoisotopic (exact) mass is 416 g/mol. The average Bonchev–Trinajstić information content (AvgIpc) is 2.76. The van der Waals surface area contributed by atoms with Gasteiger partial charge in [0.15, 0.2) is 0 Å². The van der Waals surface area contributed by atoms with Crippen molar-refractivity contribution in [2.24, 2.45) is 5.41 Å². The zero-order valence-electron chi connectivity index (χ0n) is 12.4. The predicted octanol–water partition coefficient (Wildman–Crippen LogP) is 5.71. The number of benzene rings is 1. The first-order valence-corrected chi connectivity index (χ1v) is 9.51. The predicted molar refractivity (Wildman–Crippen MR) is 92.6 cm³/mol. The average molecular weight is 418 g/mol. The standard InChI is InChI=1S/C17H22Br2O2/c1-20-12-6-7-14(13(18)10-12)21-16-11-15(19)17(16)8-4-2-3-5-9-17/h6-7,10,15-16H,2-5,8-9,11H2,1H3. The molecule has 1 aromatic carbocycles. The van der Waals surface area contributed by atoms with Crippen LogP contribution in [0.4, 0.5) is 0 Å². The lowest BCUT2D eigenvalue weighted by Crippen LogP contribution is -2.56. The lowest BCUT2D eigenvalue weighted by atomic mass is 9.61. The zero-order chi connectivity index (χ0) is 14.9. The van der Waals surface area contributed by atoms with Crippen LogP contribution >= 0.6 is 31.9 Å². The van der Waals surface area contributed by atoms with Gasteiger partial charge in [0, 0.05) is 10.2 Å². The van der Waals surface area contributed by atoms with Gasteiger partial charge in [-0.3, -0.25) is 0 Å². The Bertz CT molecular complexity index is 496. The third-order valence-corrected chi connectivity index (χ3v) is 7.03. The number of hydrogen-bond acceptors (Lipinski definition) is 2. The summed E-state index contributed by atoms with van der Waals surface area (Å²) in [5.41, 5.74) is 0.343. The van der Waals surface area contributed by atoms with Gasteiger partial charge in [0.05, 0.1) is 11.6 Å². The molecule has 0 radical (unpaired) electrons. The summed E-state index contributed by atoms with van der Waals surface area (Å²) >= 11 is 7.49. The highest BCUT2D eigenvalue weighted by Gasteiger charge is 2.55. The number of rotatable bonds is 3. The summed E-state index contributed by atoms with van der Waals surface area (Å²) in [7, 11) is 1.68. The van der Waals surface area contributed by atoms with Crippen molar-refractivity contribution in [3.63, 3.8) is 0 Å². The van der Waals surface area contributed by atoms with Gasteiger partial charge in [-0.2, -0.15) is 0 Å². The van der Waals surface area contributed by atoms with E-state index in [4.69, 9.17) is 9.47 Å². The Kier molecular flexibility index (Phi) is 4.84. The fourth-order valence-electron chi connectivity index (χ4n) is 3.74. The van der Waals surface area contributed by atoms with Gasteiger partial charge in [0.25, 0.3) is 0 Å². The molecule has 2 nitrogen and oxygen atoms in total. The van der Waals surface area contributed by atoms with Gasteiger partial charge >= 0.3 is 0 Å². The van der Waals surface area contributed by atoms with Crippen molar-refractivity contribution in [3.8, 4) is 11.5 Å². The van der Waals surface area contributed by atoms with E-state index in [1.165, 1.54) is 38.5 Å². The Labute approximate surface area is 143 Å². The highest BCUT2D eigenvalue weighted by atomic mass is 79.9. The maximum absolute atomic E-state index is 6.37. The Morgan fingerprint density at radius 3 is 2.43 bits per heavy atom. The summed E-state index contributed by atoms with van der Waals surface area (Å²) in [5, 5.41) is 0. The van der Waals surface area contributed by atoms with E-state index in [2.05, 4.69) is 31.9 Å². The van der Waals surface area contributed by atoms with Crippen molar-refractivity contribution < 1.29 is 9.47 Å². The van der Waals surface area contributed by atoms with Crippen LogP contribution in [0, 0.1) is 5.41 Å². The van der Waals surface area contributed by atoms with Crippen LogP contribution in [-0.2, 0) is 0 Å². The number of alkyl halides is 1. The Morgan fingerprint density at radius 1 is 1.14 bits per heavy atom. The zero-order valence-corrected chi connectivity index (χ0v) is 15.6. The lowest BCUT2D eigenvalue weighted by Gasteiger charge is -2.53. The summed E-state index contributed by atoms with van der Waals surface area (Å²) in [4.78, 5) is 0.616. The van der Waals surface area contributed by atoms with E-state index in [0.29, 0.717) is 16.3 Å². The van der Waals surface area contributed by atoms with Crippen LogP contribution in [0.2, 0.25) is 0 Å². The smallest absolute Gasteiger partial charge is 0.134 e. The molecule has 2 aliphatic carbocycles. The molecule has 2 fully saturated rings. The van der Waals surface area contributed by atoms with Gasteiger partial charge in [-0.1, -0.05) is 41.6 Å². The van der Waals surface area contributed by atoms with Gasteiger partial charge in [0.1, 0.15) is 17.6 Å². The molecule has 0 heterocycles. The second-order valence-corrected chi connectivity index (χ2v) is 8.21. The molecule has 2 aliphatic rings. The first kappa shape index (κ1) is 15.7. The van der Waals surface area contributed by atoms with Crippen LogP contribution in [0.25, 0.3) is 0 Å². The quantitative estimate of drug-likeness (QED) is 0.586. The highest BCUT2D eigenvalue weighted by Crippen LogP contribution is 2.56. The molecule has 0 aromatic heterocycles. The number of ether oxygens (including phenoxy) is 2. The molecular formula is C17H22Br2O2. The van der Waals surface area contributed by atoms with Crippen molar-refractivity contribution in [3.05, 3.63) is 22.7 Å². The first-order valence-electron chi connectivity index (χ1n) is 7.80. The molecule has 4 heteroatoms. The largest absolute Gasteiger partial charge is 0.497 e. The van der Waals surface area contributed by atoms with Crippen molar-refractivity contribution in [2.45, 2.75) is 55.9 Å². The maximum atomic E-state index is 6.37. The topological polar surface area (TPSA) is 18.5 Å². The highest BCUT2D eigenvalue weighted by molar-refractivity contribution is 9.10. The fourth-order valence-corrected chi connectivity index (χ4v) is 5.29. The molecule has 0 amide bonds. The van der Waals surface area contributed by atoms with Crippen LogP contribution in [0.3, 0.4) is 0 Å². The second kappa shape index (κ2) is 6.49. The summed E-state index contributed by atoms with van der Waals surface area (Å²) in [5.74, 6) is 1.79. The third kappa shape index (κ3) is 2.98. The minimum atomic E-state index is 0.338. The molecule has 0 bridgehead atoms. The molecule has 1 spiro atoms. The van der Waals surface area contributed by atoms with Gasteiger partial charge in [0.2, 0.25) is 0 Å². The number of hydrogen-bond donors (Lipinski definition) is 0. The molecular weight excluding hydrogens is 396 g/mol. The SMILES string of the molecule is COc1ccc(OC2CC(Br)C23CCCCCC3)c(Br)c1. The van der Waals surface area contributed by atoms with E-state index in [-0.39, 0.29) is 0 Å². The Morgan fingerprint density at radius 2 is 1.86 bits per heavy atom. The lowest BCUT2D eigenvalue weighted by molar-refractivity contribution is -0.0466. The minimum Gasteiger partial charge on any atom is -0.497 e. The van der Waals surface area contributed by atoms with Crippen molar-refractivity contribution in [2.75, 3.05) is 7.11 Å². The summed E-state index contributed by atoms with van der Waals surface area (Å²) in [6.45, 7) is 0. The van der Waals surface area contributed by atoms with Crippen LogP contribution < -0.4 is 9.47 Å². The molecule has 3 rings (SSSR count). The number of halogens is 2. The van der Waals surface area contributed by atoms with Crippen LogP contribution in [0.5, 0.6) is 11.5 Å². The molecule has 2 saturated carbocycles. The van der Waals surface area contributed by atoms with Gasteiger partial charge in [-0.15, -0.1) is 0 Å². The maximum Gasteiger partial charge on any atom is 0.134 e. The Hall–Kier alpha value is -0.220. The molecule has 1 aromatic rings. The molecule has 0 saturated heterocycles. The van der Waals surface area contributed by atoms with Crippen LogP contribution in [0.15, 0.2) is 22.7 Å². The summed E-state index contributed by atoms with van der Waals surface area (Å²) < 4.78 is 12.6. The van der Waals surface area contributed by atoms with Crippen molar-refractivity contribution in [1.82, 2.24) is 0 Å². The Balaban J connectivity index is 1.75. The van der Waals surface area contributed by atoms with Crippen LogP contribution in [0.1, 0.15) is 44.9 Å². The van der Waals surface area contributed by atoms with E-state index in [0.717, 1.165) is 22.4 Å². The first-order chi connectivity index (χ1) is 10.2. The van der Waals surface area contributed by atoms with E-state index in [9.17, 15) is 0 Å². The molecule has 0 aliphatic heterocycles. The second-order valence-electron chi connectivity index (χ2n) is 6.25. The normalized spacial score (nSPS) is 27.8. The minimum absolute atomic E-state index is 0.338. The van der Waals surface area contributed by atoms with Gasteiger partial charge in [-0.05, 0) is 53.4 Å². The molecule has 2 atom stereocenters. The van der Waals surface area contributed by atoms with Gasteiger partial charge in [-0.25, -0.2) is 0 Å².